The van der Waals surface area contributed by atoms with Crippen LogP contribution in [0.5, 0.6) is 0 Å². The van der Waals surface area contributed by atoms with Crippen LogP contribution < -0.4 is 5.73 Å². The predicted octanol–water partition coefficient (Wildman–Crippen LogP) is 0.552. The van der Waals surface area contributed by atoms with Gasteiger partial charge < -0.3 is 5.73 Å². The van der Waals surface area contributed by atoms with Crippen LogP contribution in [0.4, 0.5) is 5.95 Å². The first-order chi connectivity index (χ1) is 5.68. The van der Waals surface area contributed by atoms with Gasteiger partial charge in [-0.25, -0.2) is 4.98 Å². The van der Waals surface area contributed by atoms with Crippen LogP contribution >= 0.6 is 0 Å². The van der Waals surface area contributed by atoms with Crippen molar-refractivity contribution in [2.45, 2.75) is 13.8 Å². The van der Waals surface area contributed by atoms with Gasteiger partial charge in [0.05, 0.1) is 11.1 Å². The van der Waals surface area contributed by atoms with Crippen LogP contribution in [0.1, 0.15) is 11.4 Å². The first-order valence-corrected chi connectivity index (χ1v) is 3.63. The monoisotopic (exact) mass is 163 g/mol. The quantitative estimate of drug-likeness (QED) is 0.594. The molecule has 62 valence electrons. The Morgan fingerprint density at radius 2 is 2.00 bits per heavy atom. The Labute approximate surface area is 69.0 Å². The molecule has 0 saturated heterocycles. The first-order valence-electron chi connectivity index (χ1n) is 3.63. The second-order valence-corrected chi connectivity index (χ2v) is 2.71. The molecule has 3 N–H and O–H groups in total. The summed E-state index contributed by atoms with van der Waals surface area (Å²) in [5, 5.41) is 7.78. The largest absolute Gasteiger partial charge is 0.368 e. The van der Waals surface area contributed by atoms with E-state index in [1.807, 2.05) is 13.8 Å². The Morgan fingerprint density at radius 1 is 1.25 bits per heavy atom. The summed E-state index contributed by atoms with van der Waals surface area (Å²) in [5.74, 6) is 0.270. The number of anilines is 1. The molecule has 12 heavy (non-hydrogen) atoms. The fraction of sp³-hybridized carbons (Fsp3) is 0.286. The van der Waals surface area contributed by atoms with Crippen LogP contribution in [0.2, 0.25) is 0 Å². The molecule has 0 unspecified atom stereocenters. The summed E-state index contributed by atoms with van der Waals surface area (Å²) >= 11 is 0. The van der Waals surface area contributed by atoms with E-state index >= 15 is 0 Å². The van der Waals surface area contributed by atoms with Gasteiger partial charge in [0.1, 0.15) is 0 Å². The summed E-state index contributed by atoms with van der Waals surface area (Å²) in [6.07, 6.45) is 0. The molecule has 2 heterocycles. The van der Waals surface area contributed by atoms with Crippen molar-refractivity contribution in [1.82, 2.24) is 20.2 Å². The Hall–Kier alpha value is -1.65. The number of nitrogens with zero attached hydrogens (tertiary/aromatic N) is 3. The van der Waals surface area contributed by atoms with Crippen molar-refractivity contribution in [2.24, 2.45) is 0 Å². The topological polar surface area (TPSA) is 80.5 Å². The van der Waals surface area contributed by atoms with Crippen molar-refractivity contribution in [1.29, 1.82) is 0 Å². The molecule has 0 radical (unpaired) electrons. The third-order valence-electron chi connectivity index (χ3n) is 1.79. The summed E-state index contributed by atoms with van der Waals surface area (Å²) in [4.78, 5) is 8.02. The molecule has 0 fully saturated rings. The van der Waals surface area contributed by atoms with E-state index in [-0.39, 0.29) is 5.95 Å². The lowest BCUT2D eigenvalue weighted by molar-refractivity contribution is 1.05. The number of aromatic amines is 1. The SMILES string of the molecule is Cc1nc(N)nc2n[nH]c(C)c12. The van der Waals surface area contributed by atoms with E-state index < -0.39 is 0 Å². The fourth-order valence-corrected chi connectivity index (χ4v) is 1.29. The molecule has 2 aromatic heterocycles. The predicted molar refractivity (Wildman–Crippen MR) is 45.6 cm³/mol. The van der Waals surface area contributed by atoms with Crippen molar-refractivity contribution in [3.8, 4) is 0 Å². The van der Waals surface area contributed by atoms with Crippen LogP contribution in [-0.4, -0.2) is 20.2 Å². The number of nitrogen functional groups attached to an aromatic ring is 1. The molecule has 5 heteroatoms. The lowest BCUT2D eigenvalue weighted by Crippen LogP contribution is -1.96. The number of hydrogen-bond donors (Lipinski definition) is 2. The number of rotatable bonds is 0. The summed E-state index contributed by atoms with van der Waals surface area (Å²) < 4.78 is 0. The maximum absolute atomic E-state index is 5.46. The average molecular weight is 163 g/mol. The standard InChI is InChI=1S/C7H9N5/c1-3-5-4(2)11-12-6(5)10-7(8)9-3/h1-2H3,(H3,8,9,10,11,12). The molecule has 0 saturated carbocycles. The van der Waals surface area contributed by atoms with Gasteiger partial charge in [-0.2, -0.15) is 10.1 Å². The van der Waals surface area contributed by atoms with E-state index in [0.717, 1.165) is 16.8 Å². The first kappa shape index (κ1) is 7.02. The molecular weight excluding hydrogens is 154 g/mol. The molecular formula is C7H9N5. The normalized spacial score (nSPS) is 10.8. The number of aryl methyl sites for hydroxylation is 2. The minimum absolute atomic E-state index is 0.270. The summed E-state index contributed by atoms with van der Waals surface area (Å²) in [5.41, 5.74) is 7.93. The van der Waals surface area contributed by atoms with Gasteiger partial charge in [-0.15, -0.1) is 0 Å². The summed E-state index contributed by atoms with van der Waals surface area (Å²) in [6, 6.07) is 0. The highest BCUT2D eigenvalue weighted by Crippen LogP contribution is 2.16. The molecule has 0 bridgehead atoms. The number of aromatic nitrogens is 4. The molecule has 0 amide bonds. The van der Waals surface area contributed by atoms with E-state index in [0.29, 0.717) is 5.65 Å². The van der Waals surface area contributed by atoms with Crippen LogP contribution in [0, 0.1) is 13.8 Å². The zero-order valence-corrected chi connectivity index (χ0v) is 6.92. The number of nitrogens with two attached hydrogens (primary N) is 1. The number of H-pyrrole nitrogens is 1. The maximum Gasteiger partial charge on any atom is 0.222 e. The minimum atomic E-state index is 0.270. The Kier molecular flexibility index (Phi) is 1.27. The van der Waals surface area contributed by atoms with E-state index in [4.69, 9.17) is 5.73 Å². The molecule has 0 spiro atoms. The summed E-state index contributed by atoms with van der Waals surface area (Å²) in [6.45, 7) is 3.82. The van der Waals surface area contributed by atoms with E-state index in [1.165, 1.54) is 0 Å². The van der Waals surface area contributed by atoms with Crippen molar-refractivity contribution >= 4 is 17.0 Å². The molecule has 5 nitrogen and oxygen atoms in total. The fourth-order valence-electron chi connectivity index (χ4n) is 1.29. The van der Waals surface area contributed by atoms with E-state index in [2.05, 4.69) is 20.2 Å². The highest BCUT2D eigenvalue weighted by molar-refractivity contribution is 5.80. The van der Waals surface area contributed by atoms with Gasteiger partial charge in [0.25, 0.3) is 0 Å². The molecule has 0 aliphatic heterocycles. The smallest absolute Gasteiger partial charge is 0.222 e. The molecule has 0 aromatic carbocycles. The summed E-state index contributed by atoms with van der Waals surface area (Å²) in [7, 11) is 0. The van der Waals surface area contributed by atoms with Gasteiger partial charge in [0.15, 0.2) is 5.65 Å². The highest BCUT2D eigenvalue weighted by Gasteiger charge is 2.07. The van der Waals surface area contributed by atoms with Crippen molar-refractivity contribution in [3.63, 3.8) is 0 Å². The van der Waals surface area contributed by atoms with Gasteiger partial charge in [-0.3, -0.25) is 5.10 Å². The molecule has 0 aliphatic carbocycles. The molecule has 2 aromatic rings. The average Bonchev–Trinajstić information content (AvgIpc) is 2.31. The van der Waals surface area contributed by atoms with Gasteiger partial charge in [-0.05, 0) is 13.8 Å². The Morgan fingerprint density at radius 3 is 2.75 bits per heavy atom. The van der Waals surface area contributed by atoms with E-state index in [9.17, 15) is 0 Å². The zero-order valence-electron chi connectivity index (χ0n) is 6.92. The van der Waals surface area contributed by atoms with E-state index in [1.54, 1.807) is 0 Å². The Bertz CT molecular complexity index is 431. The zero-order chi connectivity index (χ0) is 8.72. The van der Waals surface area contributed by atoms with Gasteiger partial charge >= 0.3 is 0 Å². The number of nitrogens with one attached hydrogen (secondary N) is 1. The molecule has 0 aliphatic rings. The third kappa shape index (κ3) is 0.827. The maximum atomic E-state index is 5.46. The number of fused-ring (bicyclic) bond motifs is 1. The van der Waals surface area contributed by atoms with Gasteiger partial charge in [-0.1, -0.05) is 0 Å². The second kappa shape index (κ2) is 2.17. The second-order valence-electron chi connectivity index (χ2n) is 2.71. The van der Waals surface area contributed by atoms with Crippen LogP contribution in [0.15, 0.2) is 0 Å². The third-order valence-corrected chi connectivity index (χ3v) is 1.79. The highest BCUT2D eigenvalue weighted by atomic mass is 15.2. The van der Waals surface area contributed by atoms with Crippen molar-refractivity contribution in [2.75, 3.05) is 5.73 Å². The van der Waals surface area contributed by atoms with Crippen molar-refractivity contribution in [3.05, 3.63) is 11.4 Å². The van der Waals surface area contributed by atoms with Crippen LogP contribution in [0.25, 0.3) is 11.0 Å². The Balaban J connectivity index is 2.93. The minimum Gasteiger partial charge on any atom is -0.368 e. The van der Waals surface area contributed by atoms with Gasteiger partial charge in [0.2, 0.25) is 5.95 Å². The molecule has 2 rings (SSSR count). The van der Waals surface area contributed by atoms with Gasteiger partial charge in [0, 0.05) is 5.69 Å². The van der Waals surface area contributed by atoms with Crippen LogP contribution in [-0.2, 0) is 0 Å². The van der Waals surface area contributed by atoms with Crippen molar-refractivity contribution < 1.29 is 0 Å². The molecule has 0 atom stereocenters. The number of hydrogen-bond acceptors (Lipinski definition) is 4. The lowest BCUT2D eigenvalue weighted by atomic mass is 10.2. The van der Waals surface area contributed by atoms with Crippen LogP contribution in [0.3, 0.4) is 0 Å². The lowest BCUT2D eigenvalue weighted by Gasteiger charge is -1.95.